The third-order valence-electron chi connectivity index (χ3n) is 1.83. The molecule has 0 aliphatic carbocycles. The van der Waals surface area contributed by atoms with Gasteiger partial charge in [-0.25, -0.2) is 4.39 Å². The Bertz CT molecular complexity index is 274. The van der Waals surface area contributed by atoms with Crippen LogP contribution in [0.1, 0.15) is 19.5 Å². The number of alkyl halides is 1. The summed E-state index contributed by atoms with van der Waals surface area (Å²) in [4.78, 5) is 4.19. The standard InChI is InChI=1S/C11H17FN2O/c1-9(2)13-7-10-3-4-11(8-14-10)15-6-5-12/h3-4,8-9,13H,5-7H2,1-2H3. The summed E-state index contributed by atoms with van der Waals surface area (Å²) in [6, 6.07) is 4.12. The normalized spacial score (nSPS) is 10.7. The van der Waals surface area contributed by atoms with Crippen molar-refractivity contribution in [2.75, 3.05) is 13.3 Å². The first-order chi connectivity index (χ1) is 7.22. The highest BCUT2D eigenvalue weighted by Crippen LogP contribution is 2.08. The molecule has 0 aliphatic heterocycles. The fourth-order valence-electron chi connectivity index (χ4n) is 1.07. The average Bonchev–Trinajstić information content (AvgIpc) is 2.25. The van der Waals surface area contributed by atoms with Crippen LogP contribution in [0, 0.1) is 0 Å². The van der Waals surface area contributed by atoms with Crippen LogP contribution < -0.4 is 10.1 Å². The van der Waals surface area contributed by atoms with Crippen LogP contribution in [0.2, 0.25) is 0 Å². The lowest BCUT2D eigenvalue weighted by atomic mass is 10.3. The van der Waals surface area contributed by atoms with Gasteiger partial charge in [0.05, 0.1) is 11.9 Å². The van der Waals surface area contributed by atoms with E-state index in [1.165, 1.54) is 0 Å². The van der Waals surface area contributed by atoms with Crippen molar-refractivity contribution >= 4 is 0 Å². The summed E-state index contributed by atoms with van der Waals surface area (Å²) in [5, 5.41) is 3.26. The van der Waals surface area contributed by atoms with Crippen molar-refractivity contribution in [2.45, 2.75) is 26.4 Å². The van der Waals surface area contributed by atoms with Crippen LogP contribution in [0.15, 0.2) is 18.3 Å². The summed E-state index contributed by atoms with van der Waals surface area (Å²) in [6.45, 7) is 4.51. The Labute approximate surface area is 89.7 Å². The summed E-state index contributed by atoms with van der Waals surface area (Å²) in [5.74, 6) is 0.612. The largest absolute Gasteiger partial charge is 0.489 e. The van der Waals surface area contributed by atoms with Gasteiger partial charge in [0.25, 0.3) is 0 Å². The Morgan fingerprint density at radius 3 is 2.80 bits per heavy atom. The minimum atomic E-state index is -0.476. The van der Waals surface area contributed by atoms with E-state index in [9.17, 15) is 4.39 Å². The Kier molecular flexibility index (Phi) is 5.04. The maximum atomic E-state index is 11.8. The zero-order valence-electron chi connectivity index (χ0n) is 9.16. The van der Waals surface area contributed by atoms with Crippen LogP contribution in [0.25, 0.3) is 0 Å². The summed E-state index contributed by atoms with van der Waals surface area (Å²) < 4.78 is 16.9. The van der Waals surface area contributed by atoms with Crippen LogP contribution >= 0.6 is 0 Å². The van der Waals surface area contributed by atoms with Crippen LogP contribution in [0.3, 0.4) is 0 Å². The number of ether oxygens (including phenoxy) is 1. The van der Waals surface area contributed by atoms with Gasteiger partial charge in [0.15, 0.2) is 0 Å². The molecule has 4 heteroatoms. The van der Waals surface area contributed by atoms with Crippen LogP contribution in [-0.4, -0.2) is 24.3 Å². The molecule has 0 amide bonds. The quantitative estimate of drug-likeness (QED) is 0.782. The van der Waals surface area contributed by atoms with Gasteiger partial charge in [-0.1, -0.05) is 13.8 Å². The Balaban J connectivity index is 2.41. The molecule has 1 aromatic heterocycles. The Morgan fingerprint density at radius 2 is 2.27 bits per heavy atom. The van der Waals surface area contributed by atoms with Gasteiger partial charge in [-0.2, -0.15) is 0 Å². The fourth-order valence-corrected chi connectivity index (χ4v) is 1.07. The monoisotopic (exact) mass is 212 g/mol. The van der Waals surface area contributed by atoms with E-state index in [0.29, 0.717) is 11.8 Å². The number of aromatic nitrogens is 1. The molecule has 15 heavy (non-hydrogen) atoms. The lowest BCUT2D eigenvalue weighted by Crippen LogP contribution is -2.22. The van der Waals surface area contributed by atoms with Crippen molar-refractivity contribution in [3.8, 4) is 5.75 Å². The highest BCUT2D eigenvalue weighted by Gasteiger charge is 1.98. The fraction of sp³-hybridized carbons (Fsp3) is 0.545. The third kappa shape index (κ3) is 4.74. The van der Waals surface area contributed by atoms with Gasteiger partial charge in [0.1, 0.15) is 19.0 Å². The van der Waals surface area contributed by atoms with E-state index in [4.69, 9.17) is 4.74 Å². The lowest BCUT2D eigenvalue weighted by Gasteiger charge is -2.08. The van der Waals surface area contributed by atoms with E-state index in [1.807, 2.05) is 6.07 Å². The summed E-state index contributed by atoms with van der Waals surface area (Å²) in [7, 11) is 0. The highest BCUT2D eigenvalue weighted by atomic mass is 19.1. The molecule has 0 unspecified atom stereocenters. The van der Waals surface area contributed by atoms with Crippen molar-refractivity contribution in [1.29, 1.82) is 0 Å². The van der Waals surface area contributed by atoms with Gasteiger partial charge in [-0.05, 0) is 12.1 Å². The molecule has 3 nitrogen and oxygen atoms in total. The second-order valence-electron chi connectivity index (χ2n) is 3.56. The number of rotatable bonds is 6. The van der Waals surface area contributed by atoms with Crippen molar-refractivity contribution < 1.29 is 9.13 Å². The first-order valence-electron chi connectivity index (χ1n) is 5.09. The second-order valence-corrected chi connectivity index (χ2v) is 3.56. The van der Waals surface area contributed by atoms with Crippen molar-refractivity contribution in [2.24, 2.45) is 0 Å². The predicted molar refractivity (Wildman–Crippen MR) is 57.7 cm³/mol. The molecule has 0 fully saturated rings. The topological polar surface area (TPSA) is 34.1 Å². The first-order valence-corrected chi connectivity index (χ1v) is 5.09. The van der Waals surface area contributed by atoms with Crippen molar-refractivity contribution in [3.63, 3.8) is 0 Å². The van der Waals surface area contributed by atoms with Gasteiger partial charge < -0.3 is 10.1 Å². The second kappa shape index (κ2) is 6.35. The number of nitrogens with zero attached hydrogens (tertiary/aromatic N) is 1. The minimum Gasteiger partial charge on any atom is -0.489 e. The minimum absolute atomic E-state index is 0.0886. The molecule has 0 spiro atoms. The molecule has 0 aliphatic rings. The van der Waals surface area contributed by atoms with Gasteiger partial charge in [0.2, 0.25) is 0 Å². The molecular weight excluding hydrogens is 195 g/mol. The molecule has 1 rings (SSSR count). The number of pyridine rings is 1. The summed E-state index contributed by atoms with van der Waals surface area (Å²) >= 11 is 0. The van der Waals surface area contributed by atoms with Crippen LogP contribution in [0.5, 0.6) is 5.75 Å². The maximum absolute atomic E-state index is 11.8. The van der Waals surface area contributed by atoms with Gasteiger partial charge >= 0.3 is 0 Å². The van der Waals surface area contributed by atoms with E-state index in [-0.39, 0.29) is 6.61 Å². The van der Waals surface area contributed by atoms with E-state index in [2.05, 4.69) is 24.1 Å². The summed E-state index contributed by atoms with van der Waals surface area (Å²) in [6.07, 6.45) is 1.62. The zero-order chi connectivity index (χ0) is 11.1. The van der Waals surface area contributed by atoms with Gasteiger partial charge in [-0.3, -0.25) is 4.98 Å². The number of hydrogen-bond donors (Lipinski definition) is 1. The molecule has 84 valence electrons. The Hall–Kier alpha value is -1.16. The van der Waals surface area contributed by atoms with E-state index in [1.54, 1.807) is 12.3 Å². The van der Waals surface area contributed by atoms with Gasteiger partial charge in [0, 0.05) is 12.6 Å². The number of halogens is 1. The maximum Gasteiger partial charge on any atom is 0.137 e. The molecule has 0 radical (unpaired) electrons. The predicted octanol–water partition coefficient (Wildman–Crippen LogP) is 1.93. The van der Waals surface area contributed by atoms with E-state index >= 15 is 0 Å². The molecule has 0 atom stereocenters. The van der Waals surface area contributed by atoms with E-state index in [0.717, 1.165) is 12.2 Å². The molecule has 1 N–H and O–H groups in total. The first kappa shape index (κ1) is 11.9. The molecular formula is C11H17FN2O. The molecule has 0 aromatic carbocycles. The highest BCUT2D eigenvalue weighted by molar-refractivity contribution is 5.19. The molecule has 1 heterocycles. The molecule has 0 saturated heterocycles. The smallest absolute Gasteiger partial charge is 0.137 e. The number of nitrogens with one attached hydrogen (secondary N) is 1. The molecule has 0 saturated carbocycles. The third-order valence-corrected chi connectivity index (χ3v) is 1.83. The zero-order valence-corrected chi connectivity index (χ0v) is 9.16. The van der Waals surface area contributed by atoms with Crippen molar-refractivity contribution in [1.82, 2.24) is 10.3 Å². The Morgan fingerprint density at radius 1 is 1.47 bits per heavy atom. The number of hydrogen-bond acceptors (Lipinski definition) is 3. The molecule has 0 bridgehead atoms. The van der Waals surface area contributed by atoms with Crippen LogP contribution in [-0.2, 0) is 6.54 Å². The van der Waals surface area contributed by atoms with Crippen LogP contribution in [0.4, 0.5) is 4.39 Å². The lowest BCUT2D eigenvalue weighted by molar-refractivity contribution is 0.272. The van der Waals surface area contributed by atoms with Crippen molar-refractivity contribution in [3.05, 3.63) is 24.0 Å². The molecule has 1 aromatic rings. The summed E-state index contributed by atoms with van der Waals surface area (Å²) in [5.41, 5.74) is 0.955. The average molecular weight is 212 g/mol. The van der Waals surface area contributed by atoms with Gasteiger partial charge in [-0.15, -0.1) is 0 Å². The SMILES string of the molecule is CC(C)NCc1ccc(OCCF)cn1. The van der Waals surface area contributed by atoms with E-state index < -0.39 is 6.67 Å².